The van der Waals surface area contributed by atoms with Crippen molar-refractivity contribution in [2.24, 2.45) is 0 Å². The van der Waals surface area contributed by atoms with Crippen LogP contribution in [0.25, 0.3) is 0 Å². The summed E-state index contributed by atoms with van der Waals surface area (Å²) < 4.78 is 445. The highest BCUT2D eigenvalue weighted by atomic mass is 35.8. The van der Waals surface area contributed by atoms with Gasteiger partial charge < -0.3 is 0 Å². The van der Waals surface area contributed by atoms with Crippen LogP contribution in [0.2, 0.25) is 0 Å². The molecule has 0 saturated carbocycles. The van der Waals surface area contributed by atoms with Crippen LogP contribution in [0.1, 0.15) is 0 Å². The van der Waals surface area contributed by atoms with Crippen molar-refractivity contribution >= 4 is 39.2 Å². The second-order valence-corrected chi connectivity index (χ2v) is 18.1. The van der Waals surface area contributed by atoms with E-state index in [0.29, 0.717) is 0 Å². The first-order chi connectivity index (χ1) is 22.0. The molecule has 0 N–H and O–H groups in total. The third kappa shape index (κ3) is 5.93. The molecule has 0 bridgehead atoms. The molecule has 0 spiro atoms. The summed E-state index contributed by atoms with van der Waals surface area (Å²) in [6, 6.07) is -7.77. The summed E-state index contributed by atoms with van der Waals surface area (Å²) >= 11 is 12.3. The smallest absolute Gasteiger partial charge is 0.226 e. The molecule has 0 heterocycles. The van der Waals surface area contributed by atoms with Gasteiger partial charge in [-0.3, -0.25) is 0 Å². The van der Waals surface area contributed by atoms with Crippen molar-refractivity contribution in [3.63, 3.8) is 0 Å². The van der Waals surface area contributed by atoms with E-state index in [1.54, 1.807) is 0 Å². The van der Waals surface area contributed by atoms with Gasteiger partial charge >= 0.3 is 101 Å². The SMILES string of the molecule is FC(F)(F)C(F)(F)C(F)(F)C(F)(F)C(F)(F)C(F)(F)C(F)(F)C(F)(F)C(F)(F)C(F)(F)C(F)(F)C(F)(F)C(F)(F)C(F)(F)C(F)(C(F)(F)F)[Si](Cl)(Cl)Cl. The van der Waals surface area contributed by atoms with Gasteiger partial charge in [0.15, 0.2) is 0 Å². The lowest BCUT2D eigenvalue weighted by molar-refractivity contribution is -0.489. The molecule has 0 amide bonds. The Morgan fingerprint density at radius 1 is 0.189 bits per heavy atom. The fourth-order valence-electron chi connectivity index (χ4n) is 3.08. The molecule has 0 nitrogen and oxygen atoms in total. The van der Waals surface area contributed by atoms with Crippen molar-refractivity contribution in [1.82, 2.24) is 0 Å². The maximum absolute atomic E-state index is 14.2. The van der Waals surface area contributed by atoms with Crippen LogP contribution in [-0.2, 0) is 0 Å². The summed E-state index contributed by atoms with van der Waals surface area (Å²) in [4.78, 5) is 0. The summed E-state index contributed by atoms with van der Waals surface area (Å²) in [6.45, 7) is 0. The zero-order valence-electron chi connectivity index (χ0n) is 22.1. The van der Waals surface area contributed by atoms with E-state index >= 15 is 0 Å². The molecule has 0 rings (SSSR count). The van der Waals surface area contributed by atoms with Gasteiger partial charge in [-0.1, -0.05) is 0 Å². The normalized spacial score (nSPS) is 18.3. The first-order valence-corrected chi connectivity index (χ1v) is 15.8. The Hall–Kier alpha value is -1.22. The predicted molar refractivity (Wildman–Crippen MR) is 104 cm³/mol. The van der Waals surface area contributed by atoms with Gasteiger partial charge in [0.25, 0.3) is 0 Å². The molecule has 0 aliphatic rings. The van der Waals surface area contributed by atoms with E-state index in [4.69, 9.17) is 0 Å². The van der Waals surface area contributed by atoms with Gasteiger partial charge in [0, 0.05) is 0 Å². The quantitative estimate of drug-likeness (QED) is 0.0925. The van der Waals surface area contributed by atoms with Crippen molar-refractivity contribution in [3.05, 3.63) is 0 Å². The Kier molecular flexibility index (Phi) is 12.1. The van der Waals surface area contributed by atoms with Crippen LogP contribution in [0, 0.1) is 0 Å². The molecule has 53 heavy (non-hydrogen) atoms. The van der Waals surface area contributed by atoms with Crippen LogP contribution in [0.4, 0.5) is 145 Å². The van der Waals surface area contributed by atoms with Gasteiger partial charge in [-0.25, -0.2) is 4.39 Å². The molecular formula is C16Cl3F33Si. The van der Waals surface area contributed by atoms with Crippen LogP contribution in [0.3, 0.4) is 0 Å². The van der Waals surface area contributed by atoms with Gasteiger partial charge in [-0.2, -0.15) is 140 Å². The Morgan fingerprint density at radius 2 is 0.321 bits per heavy atom. The van der Waals surface area contributed by atoms with Gasteiger partial charge in [-0.15, -0.1) is 33.2 Å². The highest BCUT2D eigenvalue weighted by Crippen LogP contribution is 2.70. The van der Waals surface area contributed by atoms with Crippen molar-refractivity contribution < 1.29 is 145 Å². The molecule has 1 unspecified atom stereocenters. The molecule has 0 saturated heterocycles. The minimum Gasteiger partial charge on any atom is -0.226 e. The number of hydrogen-bond acceptors (Lipinski definition) is 0. The topological polar surface area (TPSA) is 0 Å². The standard InChI is InChI=1S/C16Cl3F33Si/c17-53(18,19)14(46,16(50,51)52)12(42,43)10(38,39)8(34,35)6(30,31)4(26,27)2(22,23)1(20,21)3(24,25)5(28,29)7(32,33)9(36,37)11(40,41)13(44,45)15(47,48)49. The Morgan fingerprint density at radius 3 is 0.434 bits per heavy atom. The molecule has 0 aromatic carbocycles. The Labute approximate surface area is 279 Å². The predicted octanol–water partition coefficient (Wildman–Crippen LogP) is 12.3. The minimum absolute atomic E-state index is 4.09. The van der Waals surface area contributed by atoms with E-state index in [0.717, 1.165) is 0 Å². The summed E-state index contributed by atoms with van der Waals surface area (Å²) in [6.07, 6.45) is -16.5. The van der Waals surface area contributed by atoms with Crippen LogP contribution in [0.15, 0.2) is 0 Å². The average molecular weight is 954 g/mol. The van der Waals surface area contributed by atoms with E-state index < -0.39 is 101 Å². The van der Waals surface area contributed by atoms with Crippen molar-refractivity contribution in [3.8, 4) is 0 Å². The second-order valence-electron chi connectivity index (χ2n) is 9.62. The molecule has 0 aromatic rings. The third-order valence-corrected chi connectivity index (χ3v) is 10.0. The highest BCUT2D eigenvalue weighted by Gasteiger charge is 3.02. The summed E-state index contributed by atoms with van der Waals surface area (Å²) in [7, 11) is 0. The van der Waals surface area contributed by atoms with E-state index in [1.165, 1.54) is 0 Å². The maximum Gasteiger partial charge on any atom is 0.460 e. The van der Waals surface area contributed by atoms with Gasteiger partial charge in [0.2, 0.25) is 0 Å². The zero-order valence-corrected chi connectivity index (χ0v) is 25.4. The highest BCUT2D eigenvalue weighted by molar-refractivity contribution is 7.65. The number of halogens is 36. The fraction of sp³-hybridized carbons (Fsp3) is 1.00. The van der Waals surface area contributed by atoms with Crippen LogP contribution in [0.5, 0.6) is 0 Å². The molecule has 0 aromatic heterocycles. The average Bonchev–Trinajstić information content (AvgIpc) is 2.88. The van der Waals surface area contributed by atoms with Crippen LogP contribution in [-0.4, -0.2) is 101 Å². The van der Waals surface area contributed by atoms with Crippen molar-refractivity contribution in [2.75, 3.05) is 0 Å². The monoisotopic (exact) mass is 952 g/mol. The number of rotatable bonds is 14. The van der Waals surface area contributed by atoms with E-state index in [1.807, 2.05) is 0 Å². The van der Waals surface area contributed by atoms with Gasteiger partial charge in [0.05, 0.1) is 0 Å². The zero-order chi connectivity index (χ0) is 44.5. The second kappa shape index (κ2) is 12.4. The molecule has 37 heteroatoms. The fourth-order valence-corrected chi connectivity index (χ4v) is 5.95. The van der Waals surface area contributed by atoms with Gasteiger partial charge in [0.1, 0.15) is 0 Å². The largest absolute Gasteiger partial charge is 0.460 e. The molecule has 0 aliphatic carbocycles. The lowest BCUT2D eigenvalue weighted by Gasteiger charge is -2.47. The first-order valence-electron chi connectivity index (χ1n) is 10.8. The molecule has 0 aliphatic heterocycles. The lowest BCUT2D eigenvalue weighted by atomic mass is 9.83. The Balaban J connectivity index is 7.87. The summed E-state index contributed by atoms with van der Waals surface area (Å²) in [5, 5.41) is -8.04. The molecule has 0 radical (unpaired) electrons. The van der Waals surface area contributed by atoms with Gasteiger partial charge in [-0.05, 0) is 0 Å². The molecular weight excluding hydrogens is 954 g/mol. The summed E-state index contributed by atoms with van der Waals surface area (Å²) in [5.74, 6) is -128. The Bertz CT molecular complexity index is 1330. The minimum atomic E-state index is -10.2. The van der Waals surface area contributed by atoms with E-state index in [9.17, 15) is 145 Å². The van der Waals surface area contributed by atoms with Crippen molar-refractivity contribution in [2.45, 2.75) is 94.6 Å². The lowest BCUT2D eigenvalue weighted by Crippen LogP contribution is -2.81. The first kappa shape index (κ1) is 51.8. The van der Waals surface area contributed by atoms with Crippen molar-refractivity contribution in [1.29, 1.82) is 0 Å². The van der Waals surface area contributed by atoms with E-state index in [-0.39, 0.29) is 0 Å². The number of hydrogen-bond donors (Lipinski definition) is 0. The number of alkyl halides is 33. The summed E-state index contributed by atoms with van der Waals surface area (Å²) in [5.41, 5.74) is 0. The van der Waals surface area contributed by atoms with E-state index in [2.05, 4.69) is 33.2 Å². The third-order valence-electron chi connectivity index (χ3n) is 6.30. The maximum atomic E-state index is 14.2. The van der Waals surface area contributed by atoms with Crippen LogP contribution >= 0.6 is 33.2 Å². The van der Waals surface area contributed by atoms with Crippen LogP contribution < -0.4 is 0 Å². The molecule has 1 atom stereocenters. The molecule has 320 valence electrons. The molecule has 0 fully saturated rings.